The summed E-state index contributed by atoms with van der Waals surface area (Å²) in [5.74, 6) is 0.635. The molecule has 0 saturated carbocycles. The molecular weight excluding hydrogens is 258 g/mol. The summed E-state index contributed by atoms with van der Waals surface area (Å²) in [5.41, 5.74) is 6.74. The first-order valence-electron chi connectivity index (χ1n) is 6.75. The average Bonchev–Trinajstić information content (AvgIpc) is 2.47. The number of nitrogen functional groups attached to an aromatic ring is 1. The number of aromatic nitrogens is 1. The van der Waals surface area contributed by atoms with E-state index in [9.17, 15) is 4.79 Å². The molecule has 1 aromatic heterocycles. The smallest absolute Gasteiger partial charge is 0.340 e. The minimum Gasteiger partial charge on any atom is -0.465 e. The Morgan fingerprint density at radius 1 is 1.65 bits per heavy atom. The van der Waals surface area contributed by atoms with Gasteiger partial charge in [0, 0.05) is 26.4 Å². The number of nitrogens with zero attached hydrogens (tertiary/aromatic N) is 2. The number of nitrogens with two attached hydrogens (primary N) is 1. The van der Waals surface area contributed by atoms with Crippen LogP contribution in [-0.4, -0.2) is 44.9 Å². The minimum absolute atomic E-state index is 0.351. The largest absolute Gasteiger partial charge is 0.465 e. The van der Waals surface area contributed by atoms with Crippen molar-refractivity contribution >= 4 is 17.5 Å². The second-order valence-electron chi connectivity index (χ2n) is 5.05. The first kappa shape index (κ1) is 14.6. The van der Waals surface area contributed by atoms with Gasteiger partial charge in [-0.3, -0.25) is 0 Å². The van der Waals surface area contributed by atoms with Crippen LogP contribution in [0, 0.1) is 5.92 Å². The molecule has 0 aromatic carbocycles. The molecule has 2 rings (SSSR count). The summed E-state index contributed by atoms with van der Waals surface area (Å²) in [6.07, 6.45) is 3.80. The number of ether oxygens (including phenoxy) is 2. The Morgan fingerprint density at radius 2 is 2.45 bits per heavy atom. The van der Waals surface area contributed by atoms with Gasteiger partial charge in [-0.15, -0.1) is 0 Å². The van der Waals surface area contributed by atoms with Gasteiger partial charge in [-0.1, -0.05) is 0 Å². The lowest BCUT2D eigenvalue weighted by molar-refractivity contribution is 0.0575. The standard InChI is InChI=1S/C14H21N3O3/c1-17(8-10-4-3-7-20-9-10)13-12(15)11(5-6-16-13)14(18)19-2/h5-6,10H,3-4,7-9,15H2,1-2H3. The quantitative estimate of drug-likeness (QED) is 0.837. The fourth-order valence-corrected chi connectivity index (χ4v) is 2.48. The van der Waals surface area contributed by atoms with Crippen LogP contribution in [0.5, 0.6) is 0 Å². The third-order valence-corrected chi connectivity index (χ3v) is 3.52. The second kappa shape index (κ2) is 6.56. The summed E-state index contributed by atoms with van der Waals surface area (Å²) in [7, 11) is 3.26. The van der Waals surface area contributed by atoms with Crippen LogP contribution in [0.2, 0.25) is 0 Å². The van der Waals surface area contributed by atoms with Gasteiger partial charge in [0.15, 0.2) is 5.82 Å². The van der Waals surface area contributed by atoms with Gasteiger partial charge in [-0.2, -0.15) is 0 Å². The highest BCUT2D eigenvalue weighted by Gasteiger charge is 2.20. The molecule has 2 heterocycles. The SMILES string of the molecule is COC(=O)c1ccnc(N(C)CC2CCCOC2)c1N. The summed E-state index contributed by atoms with van der Waals surface area (Å²) in [5, 5.41) is 0. The van der Waals surface area contributed by atoms with Crippen LogP contribution in [0.15, 0.2) is 12.3 Å². The maximum Gasteiger partial charge on any atom is 0.340 e. The van der Waals surface area contributed by atoms with Crippen molar-refractivity contribution in [1.29, 1.82) is 0 Å². The number of rotatable bonds is 4. The van der Waals surface area contributed by atoms with Gasteiger partial charge in [0.25, 0.3) is 0 Å². The van der Waals surface area contributed by atoms with E-state index in [4.69, 9.17) is 15.2 Å². The molecule has 110 valence electrons. The highest BCUT2D eigenvalue weighted by molar-refractivity contribution is 5.97. The molecular formula is C14H21N3O3. The number of hydrogen-bond acceptors (Lipinski definition) is 6. The van der Waals surface area contributed by atoms with Gasteiger partial charge in [0.05, 0.1) is 25.0 Å². The lowest BCUT2D eigenvalue weighted by atomic mass is 10.0. The van der Waals surface area contributed by atoms with E-state index in [-0.39, 0.29) is 0 Å². The van der Waals surface area contributed by atoms with Crippen LogP contribution >= 0.6 is 0 Å². The van der Waals surface area contributed by atoms with Gasteiger partial charge in [-0.05, 0) is 24.8 Å². The van der Waals surface area contributed by atoms with Crippen molar-refractivity contribution in [3.05, 3.63) is 17.8 Å². The molecule has 0 amide bonds. The van der Waals surface area contributed by atoms with Crippen molar-refractivity contribution in [2.24, 2.45) is 5.92 Å². The zero-order valence-corrected chi connectivity index (χ0v) is 12.0. The lowest BCUT2D eigenvalue weighted by Crippen LogP contribution is -2.32. The molecule has 0 bridgehead atoms. The minimum atomic E-state index is -0.444. The molecule has 6 nitrogen and oxygen atoms in total. The molecule has 2 N–H and O–H groups in total. The third-order valence-electron chi connectivity index (χ3n) is 3.52. The van der Waals surface area contributed by atoms with Crippen LogP contribution in [0.1, 0.15) is 23.2 Å². The molecule has 1 unspecified atom stereocenters. The van der Waals surface area contributed by atoms with E-state index in [1.54, 1.807) is 12.3 Å². The monoisotopic (exact) mass is 279 g/mol. The zero-order valence-electron chi connectivity index (χ0n) is 12.0. The number of anilines is 2. The zero-order chi connectivity index (χ0) is 14.5. The van der Waals surface area contributed by atoms with Crippen LogP contribution in [0.4, 0.5) is 11.5 Å². The summed E-state index contributed by atoms with van der Waals surface area (Å²) >= 11 is 0. The van der Waals surface area contributed by atoms with E-state index in [0.717, 1.165) is 32.6 Å². The number of carbonyl (C=O) groups is 1. The predicted molar refractivity (Wildman–Crippen MR) is 76.8 cm³/mol. The molecule has 0 radical (unpaired) electrons. The number of carbonyl (C=O) groups excluding carboxylic acids is 1. The molecule has 1 fully saturated rings. The molecule has 6 heteroatoms. The fraction of sp³-hybridized carbons (Fsp3) is 0.571. The van der Waals surface area contributed by atoms with E-state index in [0.29, 0.717) is 23.0 Å². The van der Waals surface area contributed by atoms with Gasteiger partial charge in [0.1, 0.15) is 0 Å². The van der Waals surface area contributed by atoms with Crippen molar-refractivity contribution in [3.63, 3.8) is 0 Å². The maximum absolute atomic E-state index is 11.6. The number of esters is 1. The van der Waals surface area contributed by atoms with Crippen LogP contribution in [0.25, 0.3) is 0 Å². The summed E-state index contributed by atoms with van der Waals surface area (Å²) in [6.45, 7) is 2.42. The molecule has 1 atom stereocenters. The topological polar surface area (TPSA) is 77.7 Å². The Morgan fingerprint density at radius 3 is 3.10 bits per heavy atom. The fourth-order valence-electron chi connectivity index (χ4n) is 2.48. The Balaban J connectivity index is 2.12. The van der Waals surface area contributed by atoms with E-state index in [1.165, 1.54) is 7.11 Å². The lowest BCUT2D eigenvalue weighted by Gasteiger charge is -2.28. The van der Waals surface area contributed by atoms with E-state index < -0.39 is 5.97 Å². The van der Waals surface area contributed by atoms with E-state index in [2.05, 4.69) is 4.98 Å². The van der Waals surface area contributed by atoms with E-state index in [1.807, 2.05) is 11.9 Å². The third kappa shape index (κ3) is 3.19. The summed E-state index contributed by atoms with van der Waals surface area (Å²) in [6, 6.07) is 1.57. The Hall–Kier alpha value is -1.82. The Labute approximate surface area is 118 Å². The van der Waals surface area contributed by atoms with Crippen LogP contribution in [-0.2, 0) is 9.47 Å². The van der Waals surface area contributed by atoms with Crippen LogP contribution in [0.3, 0.4) is 0 Å². The van der Waals surface area contributed by atoms with Crippen molar-refractivity contribution in [3.8, 4) is 0 Å². The molecule has 0 spiro atoms. The van der Waals surface area contributed by atoms with Gasteiger partial charge in [0.2, 0.25) is 0 Å². The van der Waals surface area contributed by atoms with Crippen molar-refractivity contribution in [1.82, 2.24) is 4.98 Å². The average molecular weight is 279 g/mol. The second-order valence-corrected chi connectivity index (χ2v) is 5.05. The van der Waals surface area contributed by atoms with Crippen LogP contribution < -0.4 is 10.6 Å². The first-order chi connectivity index (χ1) is 9.63. The van der Waals surface area contributed by atoms with Crippen molar-refractivity contribution in [2.75, 3.05) is 44.5 Å². The van der Waals surface area contributed by atoms with Gasteiger partial charge < -0.3 is 20.1 Å². The molecule has 20 heavy (non-hydrogen) atoms. The normalized spacial score (nSPS) is 18.6. The summed E-state index contributed by atoms with van der Waals surface area (Å²) in [4.78, 5) is 17.9. The molecule has 1 saturated heterocycles. The highest BCUT2D eigenvalue weighted by Crippen LogP contribution is 2.25. The Kier molecular flexibility index (Phi) is 4.79. The van der Waals surface area contributed by atoms with Crippen molar-refractivity contribution < 1.29 is 14.3 Å². The molecule has 1 aromatic rings. The van der Waals surface area contributed by atoms with Gasteiger partial charge in [-0.25, -0.2) is 9.78 Å². The molecule has 0 aliphatic carbocycles. The number of methoxy groups -OCH3 is 1. The highest BCUT2D eigenvalue weighted by atomic mass is 16.5. The van der Waals surface area contributed by atoms with E-state index >= 15 is 0 Å². The molecule has 1 aliphatic rings. The maximum atomic E-state index is 11.6. The Bertz CT molecular complexity index is 473. The van der Waals surface area contributed by atoms with Gasteiger partial charge >= 0.3 is 5.97 Å². The number of hydrogen-bond donors (Lipinski definition) is 1. The summed E-state index contributed by atoms with van der Waals surface area (Å²) < 4.78 is 10.2. The first-order valence-corrected chi connectivity index (χ1v) is 6.75. The van der Waals surface area contributed by atoms with Crippen molar-refractivity contribution in [2.45, 2.75) is 12.8 Å². The predicted octanol–water partition coefficient (Wildman–Crippen LogP) is 1.31. The molecule has 1 aliphatic heterocycles. The number of pyridine rings is 1.